The number of nitrogens with zero attached hydrogens (tertiary/aromatic N) is 3. The highest BCUT2D eigenvalue weighted by Gasteiger charge is 2.34. The first-order chi connectivity index (χ1) is 11.9. The van der Waals surface area contributed by atoms with Gasteiger partial charge in [-0.1, -0.05) is 0 Å². The molecular formula is C17H23Cl2N5O3. The second-order valence-corrected chi connectivity index (χ2v) is 7.05. The molecule has 0 aliphatic carbocycles. The van der Waals surface area contributed by atoms with Gasteiger partial charge in [0.1, 0.15) is 11.3 Å². The number of aryl methyl sites for hydroxylation is 1. The van der Waals surface area contributed by atoms with E-state index in [-0.39, 0.29) is 48.1 Å². The van der Waals surface area contributed by atoms with Gasteiger partial charge in [-0.3, -0.25) is 18.7 Å². The summed E-state index contributed by atoms with van der Waals surface area (Å²) in [6.45, 7) is 0. The third-order valence-corrected chi connectivity index (χ3v) is 5.34. The summed E-state index contributed by atoms with van der Waals surface area (Å²) in [6, 6.07) is 4.20. The number of amides is 1. The average molecular weight is 416 g/mol. The predicted octanol–water partition coefficient (Wildman–Crippen LogP) is 0.489. The summed E-state index contributed by atoms with van der Waals surface area (Å²) in [4.78, 5) is 41.1. The van der Waals surface area contributed by atoms with Gasteiger partial charge in [0.05, 0.1) is 5.39 Å². The van der Waals surface area contributed by atoms with Crippen LogP contribution in [-0.4, -0.2) is 38.2 Å². The van der Waals surface area contributed by atoms with Crippen LogP contribution in [0.15, 0.2) is 21.7 Å². The van der Waals surface area contributed by atoms with E-state index in [9.17, 15) is 14.4 Å². The highest BCUT2D eigenvalue weighted by molar-refractivity contribution is 5.94. The molecule has 0 radical (unpaired) electrons. The molecule has 2 bridgehead atoms. The molecule has 27 heavy (non-hydrogen) atoms. The largest absolute Gasteiger partial charge is 0.348 e. The van der Waals surface area contributed by atoms with E-state index in [0.29, 0.717) is 17.5 Å². The normalized spacial score (nSPS) is 23.4. The van der Waals surface area contributed by atoms with E-state index in [1.165, 1.54) is 11.6 Å². The molecule has 148 valence electrons. The van der Waals surface area contributed by atoms with E-state index < -0.39 is 11.2 Å². The lowest BCUT2D eigenvalue weighted by Crippen LogP contribution is -2.48. The Morgan fingerprint density at radius 3 is 2.37 bits per heavy atom. The Balaban J connectivity index is 0.00000131. The van der Waals surface area contributed by atoms with Gasteiger partial charge in [-0.15, -0.1) is 24.8 Å². The van der Waals surface area contributed by atoms with Crippen molar-refractivity contribution in [3.05, 3.63) is 38.7 Å². The number of fused-ring (bicyclic) bond motifs is 3. The molecule has 10 heteroatoms. The average Bonchev–Trinajstić information content (AvgIpc) is 2.96. The zero-order chi connectivity index (χ0) is 17.7. The van der Waals surface area contributed by atoms with Crippen molar-refractivity contribution in [3.8, 4) is 0 Å². The van der Waals surface area contributed by atoms with Gasteiger partial charge >= 0.3 is 5.69 Å². The maximum atomic E-state index is 12.6. The number of hydrogen-bond acceptors (Lipinski definition) is 5. The Labute approximate surface area is 168 Å². The van der Waals surface area contributed by atoms with E-state index in [1.807, 2.05) is 0 Å². The lowest BCUT2D eigenvalue weighted by atomic mass is 10.00. The van der Waals surface area contributed by atoms with Crippen LogP contribution in [0.3, 0.4) is 0 Å². The first kappa shape index (κ1) is 21.4. The fraction of sp³-hybridized carbons (Fsp3) is 0.529. The van der Waals surface area contributed by atoms with E-state index in [0.717, 1.165) is 30.3 Å². The van der Waals surface area contributed by atoms with Gasteiger partial charge in [0.2, 0.25) is 0 Å². The van der Waals surface area contributed by atoms with Crippen molar-refractivity contribution in [1.82, 2.24) is 24.8 Å². The van der Waals surface area contributed by atoms with E-state index >= 15 is 0 Å². The Morgan fingerprint density at radius 2 is 1.74 bits per heavy atom. The Morgan fingerprint density at radius 1 is 1.11 bits per heavy atom. The molecule has 2 saturated heterocycles. The molecule has 2 atom stereocenters. The smallest absolute Gasteiger partial charge is 0.332 e. The third kappa shape index (κ3) is 3.74. The number of piperidine rings is 1. The molecule has 2 fully saturated rings. The molecule has 0 spiro atoms. The van der Waals surface area contributed by atoms with Crippen LogP contribution in [0.4, 0.5) is 0 Å². The summed E-state index contributed by atoms with van der Waals surface area (Å²) in [7, 11) is 2.97. The second kappa shape index (κ2) is 8.00. The summed E-state index contributed by atoms with van der Waals surface area (Å²) in [5.74, 6) is -0.263. The maximum absolute atomic E-state index is 12.6. The lowest BCUT2D eigenvalue weighted by molar-refractivity contribution is 0.0919. The van der Waals surface area contributed by atoms with Crippen molar-refractivity contribution in [2.45, 2.75) is 43.8 Å². The molecular weight excluding hydrogens is 393 g/mol. The number of nitrogens with one attached hydrogen (secondary N) is 2. The minimum absolute atomic E-state index is 0. The minimum atomic E-state index is -0.461. The first-order valence-electron chi connectivity index (χ1n) is 8.57. The molecule has 2 aliphatic rings. The van der Waals surface area contributed by atoms with Crippen molar-refractivity contribution in [3.63, 3.8) is 0 Å². The molecule has 2 aromatic heterocycles. The molecule has 8 nitrogen and oxygen atoms in total. The Kier molecular flexibility index (Phi) is 6.34. The topological polar surface area (TPSA) is 98.0 Å². The van der Waals surface area contributed by atoms with Crippen molar-refractivity contribution in [1.29, 1.82) is 0 Å². The second-order valence-electron chi connectivity index (χ2n) is 7.05. The van der Waals surface area contributed by atoms with Crippen molar-refractivity contribution in [2.24, 2.45) is 14.1 Å². The first-order valence-corrected chi connectivity index (χ1v) is 8.57. The van der Waals surface area contributed by atoms with Crippen LogP contribution in [0, 0.1) is 0 Å². The molecule has 2 N–H and O–H groups in total. The van der Waals surface area contributed by atoms with E-state index in [4.69, 9.17) is 0 Å². The molecule has 2 aliphatic heterocycles. The summed E-state index contributed by atoms with van der Waals surface area (Å²) >= 11 is 0. The van der Waals surface area contributed by atoms with Crippen LogP contribution >= 0.6 is 24.8 Å². The SMILES string of the molecule is Cl.Cl.Cn1c(=O)c2ccc(C(=O)NC3CC4CCC(C3)N4)nc2n(C)c1=O. The quantitative estimate of drug-likeness (QED) is 0.743. The van der Waals surface area contributed by atoms with Crippen LogP contribution in [0.1, 0.15) is 36.2 Å². The fourth-order valence-electron chi connectivity index (χ4n) is 4.02. The molecule has 0 aromatic carbocycles. The van der Waals surface area contributed by atoms with Gasteiger partial charge in [0.15, 0.2) is 0 Å². The van der Waals surface area contributed by atoms with E-state index in [1.54, 1.807) is 19.2 Å². The minimum Gasteiger partial charge on any atom is -0.348 e. The van der Waals surface area contributed by atoms with Gasteiger partial charge in [0.25, 0.3) is 11.5 Å². The number of pyridine rings is 1. The molecule has 1 amide bonds. The van der Waals surface area contributed by atoms with Gasteiger partial charge in [0, 0.05) is 32.2 Å². The number of aromatic nitrogens is 3. The van der Waals surface area contributed by atoms with Gasteiger partial charge in [-0.2, -0.15) is 0 Å². The number of carbonyl (C=O) groups is 1. The summed E-state index contributed by atoms with van der Waals surface area (Å²) in [5, 5.41) is 6.91. The van der Waals surface area contributed by atoms with Gasteiger partial charge in [-0.25, -0.2) is 9.78 Å². The highest BCUT2D eigenvalue weighted by Crippen LogP contribution is 2.26. The molecule has 0 saturated carbocycles. The number of hydrogen-bond donors (Lipinski definition) is 2. The van der Waals surface area contributed by atoms with Crippen LogP contribution in [0.25, 0.3) is 11.0 Å². The molecule has 4 heterocycles. The van der Waals surface area contributed by atoms with Crippen LogP contribution in [-0.2, 0) is 14.1 Å². The molecule has 2 unspecified atom stereocenters. The van der Waals surface area contributed by atoms with E-state index in [2.05, 4.69) is 15.6 Å². The number of halogens is 2. The van der Waals surface area contributed by atoms with Gasteiger partial charge in [-0.05, 0) is 37.8 Å². The summed E-state index contributed by atoms with van der Waals surface area (Å²) in [6.07, 6.45) is 4.18. The maximum Gasteiger partial charge on any atom is 0.332 e. The summed E-state index contributed by atoms with van der Waals surface area (Å²) in [5.41, 5.74) is -0.419. The zero-order valence-electron chi connectivity index (χ0n) is 15.1. The standard InChI is InChI=1S/C17H21N5O3.2ClH/c1-21-14-12(16(24)22(2)17(21)25)5-6-13(20-14)15(23)19-11-7-9-3-4-10(8-11)18-9;;/h5-6,9-11,18H,3-4,7-8H2,1-2H3,(H,19,23);2*1H. The van der Waals surface area contributed by atoms with Crippen molar-refractivity contribution >= 4 is 41.8 Å². The van der Waals surface area contributed by atoms with Crippen LogP contribution in [0.2, 0.25) is 0 Å². The Hall–Kier alpha value is -1.90. The fourth-order valence-corrected chi connectivity index (χ4v) is 4.02. The molecule has 4 rings (SSSR count). The number of rotatable bonds is 2. The zero-order valence-corrected chi connectivity index (χ0v) is 16.7. The van der Waals surface area contributed by atoms with Crippen molar-refractivity contribution in [2.75, 3.05) is 0 Å². The highest BCUT2D eigenvalue weighted by atomic mass is 35.5. The van der Waals surface area contributed by atoms with Gasteiger partial charge < -0.3 is 10.6 Å². The van der Waals surface area contributed by atoms with Crippen LogP contribution < -0.4 is 21.9 Å². The lowest BCUT2D eigenvalue weighted by Gasteiger charge is -2.29. The Bertz CT molecular complexity index is 975. The van der Waals surface area contributed by atoms with Crippen LogP contribution in [0.5, 0.6) is 0 Å². The number of carbonyl (C=O) groups excluding carboxylic acids is 1. The predicted molar refractivity (Wildman–Crippen MR) is 107 cm³/mol. The van der Waals surface area contributed by atoms with Crippen molar-refractivity contribution < 1.29 is 4.79 Å². The summed E-state index contributed by atoms with van der Waals surface area (Å²) < 4.78 is 2.33. The molecule has 2 aromatic rings. The monoisotopic (exact) mass is 415 g/mol. The third-order valence-electron chi connectivity index (χ3n) is 5.34.